The van der Waals surface area contributed by atoms with E-state index < -0.39 is 0 Å². The first-order valence-electron chi connectivity index (χ1n) is 14.0. The summed E-state index contributed by atoms with van der Waals surface area (Å²) in [6.45, 7) is 4.37. The highest BCUT2D eigenvalue weighted by Crippen LogP contribution is 2.47. The van der Waals surface area contributed by atoms with Crippen molar-refractivity contribution in [2.45, 2.75) is 13.8 Å². The van der Waals surface area contributed by atoms with Crippen molar-refractivity contribution >= 4 is 84.8 Å². The zero-order valence-electron chi connectivity index (χ0n) is 22.7. The molecule has 0 aliphatic heterocycles. The summed E-state index contributed by atoms with van der Waals surface area (Å²) in [5.74, 6) is 0. The fourth-order valence-corrected chi connectivity index (χ4v) is 9.11. The van der Waals surface area contributed by atoms with Crippen LogP contribution in [0, 0.1) is 13.8 Å². The smallest absolute Gasteiger partial charge is 0.0640 e. The van der Waals surface area contributed by atoms with Gasteiger partial charge in [-0.15, -0.1) is 22.7 Å². The van der Waals surface area contributed by atoms with Gasteiger partial charge in [-0.05, 0) is 73.5 Å². The van der Waals surface area contributed by atoms with Crippen LogP contribution in [-0.2, 0) is 0 Å². The molecule has 0 amide bonds. The van der Waals surface area contributed by atoms with Gasteiger partial charge in [0.15, 0.2) is 0 Å². The zero-order valence-corrected chi connectivity index (χ0v) is 24.4. The van der Waals surface area contributed by atoms with E-state index in [4.69, 9.17) is 0 Å². The lowest BCUT2D eigenvalue weighted by molar-refractivity contribution is 1.20. The summed E-state index contributed by atoms with van der Waals surface area (Å²) < 4.78 is 7.83. The van der Waals surface area contributed by atoms with E-state index in [0.717, 1.165) is 0 Å². The first-order chi connectivity index (χ1) is 20.2. The maximum absolute atomic E-state index is 2.48. The molecule has 0 unspecified atom stereocenters. The van der Waals surface area contributed by atoms with Crippen molar-refractivity contribution in [1.82, 2.24) is 4.57 Å². The van der Waals surface area contributed by atoms with Crippen LogP contribution in [0.2, 0.25) is 0 Å². The SMILES string of the molecule is Cc1ccc2c(c1)c1cc(C)ccc1n2-c1cccc2c1sc1cccc(-c3cccc4sc5ccccc5c34)c12. The Balaban J connectivity index is 1.39. The Bertz CT molecular complexity index is 2440. The van der Waals surface area contributed by atoms with E-state index in [9.17, 15) is 0 Å². The topological polar surface area (TPSA) is 4.93 Å². The van der Waals surface area contributed by atoms with E-state index >= 15 is 0 Å². The maximum atomic E-state index is 2.48. The number of benzene rings is 6. The van der Waals surface area contributed by atoms with Crippen molar-refractivity contribution < 1.29 is 0 Å². The molecule has 9 rings (SSSR count). The van der Waals surface area contributed by atoms with Gasteiger partial charge in [-0.3, -0.25) is 0 Å². The molecular formula is C38H25NS2. The zero-order chi connectivity index (χ0) is 27.2. The summed E-state index contributed by atoms with van der Waals surface area (Å²) in [6, 6.07) is 43.0. The molecule has 9 aromatic rings. The minimum absolute atomic E-state index is 1.25. The lowest BCUT2D eigenvalue weighted by atomic mass is 9.95. The van der Waals surface area contributed by atoms with Crippen LogP contribution in [0.25, 0.3) is 79.0 Å². The minimum Gasteiger partial charge on any atom is -0.308 e. The third-order valence-electron chi connectivity index (χ3n) is 8.51. The first kappa shape index (κ1) is 23.3. The molecule has 0 saturated carbocycles. The normalized spacial score (nSPS) is 12.1. The van der Waals surface area contributed by atoms with Crippen LogP contribution in [0.15, 0.2) is 115 Å². The van der Waals surface area contributed by atoms with E-state index in [1.165, 1.54) is 90.1 Å². The van der Waals surface area contributed by atoms with Crippen LogP contribution >= 0.6 is 22.7 Å². The number of thiophene rings is 2. The van der Waals surface area contributed by atoms with E-state index in [0.29, 0.717) is 0 Å². The predicted molar refractivity (Wildman–Crippen MR) is 181 cm³/mol. The largest absolute Gasteiger partial charge is 0.308 e. The van der Waals surface area contributed by atoms with Gasteiger partial charge in [-0.25, -0.2) is 0 Å². The molecule has 3 heterocycles. The van der Waals surface area contributed by atoms with Gasteiger partial charge < -0.3 is 4.57 Å². The van der Waals surface area contributed by atoms with Gasteiger partial charge in [0.05, 0.1) is 21.4 Å². The second kappa shape index (κ2) is 8.53. The number of hydrogen-bond acceptors (Lipinski definition) is 2. The number of aryl methyl sites for hydroxylation is 2. The standard InChI is InChI=1S/C38H25NS2/c1-22-16-18-30-28(20-22)29-21-23(2)17-19-31(29)39(30)32-12-5-11-27-37-25(10-7-15-35(37)41-38(27)32)24-9-6-14-34-36(24)26-8-3-4-13-33(26)40-34/h3-21H,1-2H3. The Morgan fingerprint density at radius 2 is 1.02 bits per heavy atom. The summed E-state index contributed by atoms with van der Waals surface area (Å²) in [7, 11) is 0. The fraction of sp³-hybridized carbons (Fsp3) is 0.0526. The molecule has 0 N–H and O–H groups in total. The highest BCUT2D eigenvalue weighted by molar-refractivity contribution is 7.26. The fourth-order valence-electron chi connectivity index (χ4n) is 6.74. The van der Waals surface area contributed by atoms with Crippen molar-refractivity contribution in [1.29, 1.82) is 0 Å². The molecule has 0 fully saturated rings. The summed E-state index contributed by atoms with van der Waals surface area (Å²) in [5.41, 5.74) is 8.98. The molecule has 0 atom stereocenters. The number of aromatic nitrogens is 1. The van der Waals surface area contributed by atoms with Crippen LogP contribution in [0.5, 0.6) is 0 Å². The van der Waals surface area contributed by atoms with Gasteiger partial charge >= 0.3 is 0 Å². The molecule has 41 heavy (non-hydrogen) atoms. The molecule has 1 nitrogen and oxygen atoms in total. The van der Waals surface area contributed by atoms with Gasteiger partial charge in [-0.2, -0.15) is 0 Å². The summed E-state index contributed by atoms with van der Waals surface area (Å²) in [5, 5.41) is 8.02. The molecule has 194 valence electrons. The van der Waals surface area contributed by atoms with Crippen molar-refractivity contribution in [3.05, 3.63) is 126 Å². The molecule has 0 spiro atoms. The highest BCUT2D eigenvalue weighted by atomic mass is 32.1. The maximum Gasteiger partial charge on any atom is 0.0640 e. The van der Waals surface area contributed by atoms with Crippen molar-refractivity contribution in [3.63, 3.8) is 0 Å². The lowest BCUT2D eigenvalue weighted by Crippen LogP contribution is -1.94. The second-order valence-electron chi connectivity index (χ2n) is 11.1. The third-order valence-corrected chi connectivity index (χ3v) is 10.8. The van der Waals surface area contributed by atoms with Gasteiger partial charge in [0.25, 0.3) is 0 Å². The van der Waals surface area contributed by atoms with E-state index in [1.807, 2.05) is 22.7 Å². The van der Waals surface area contributed by atoms with Crippen LogP contribution < -0.4 is 0 Å². The predicted octanol–water partition coefficient (Wildman–Crippen LogP) is 11.8. The third kappa shape index (κ3) is 3.28. The van der Waals surface area contributed by atoms with Crippen molar-refractivity contribution in [3.8, 4) is 16.8 Å². The Morgan fingerprint density at radius 1 is 0.463 bits per heavy atom. The monoisotopic (exact) mass is 559 g/mol. The molecule has 3 heteroatoms. The Labute approximate surface area is 245 Å². The molecule has 0 saturated heterocycles. The molecule has 6 aromatic carbocycles. The summed E-state index contributed by atoms with van der Waals surface area (Å²) in [4.78, 5) is 0. The molecule has 0 aliphatic rings. The van der Waals surface area contributed by atoms with Crippen molar-refractivity contribution in [2.75, 3.05) is 0 Å². The number of fused-ring (bicyclic) bond motifs is 9. The minimum atomic E-state index is 1.25. The molecule has 3 aromatic heterocycles. The van der Waals surface area contributed by atoms with E-state index in [-0.39, 0.29) is 0 Å². The molecule has 0 radical (unpaired) electrons. The molecule has 0 aliphatic carbocycles. The average Bonchev–Trinajstić information content (AvgIpc) is 3.66. The number of nitrogens with zero attached hydrogens (tertiary/aromatic N) is 1. The van der Waals surface area contributed by atoms with Crippen LogP contribution in [0.1, 0.15) is 11.1 Å². The van der Waals surface area contributed by atoms with Gasteiger partial charge in [-0.1, -0.05) is 77.9 Å². The second-order valence-corrected chi connectivity index (χ2v) is 13.2. The number of rotatable bonds is 2. The van der Waals surface area contributed by atoms with Crippen molar-refractivity contribution in [2.24, 2.45) is 0 Å². The van der Waals surface area contributed by atoms with Crippen LogP contribution in [0.4, 0.5) is 0 Å². The average molecular weight is 560 g/mol. The summed E-state index contributed by atoms with van der Waals surface area (Å²) >= 11 is 3.80. The van der Waals surface area contributed by atoms with E-state index in [1.54, 1.807) is 0 Å². The lowest BCUT2D eigenvalue weighted by Gasteiger charge is -2.10. The Kier molecular flexibility index (Phi) is 4.84. The Hall–Kier alpha value is -4.44. The van der Waals surface area contributed by atoms with Gasteiger partial charge in [0.1, 0.15) is 0 Å². The van der Waals surface area contributed by atoms with Crippen LogP contribution in [0.3, 0.4) is 0 Å². The quantitative estimate of drug-likeness (QED) is 0.198. The number of hydrogen-bond donors (Lipinski definition) is 0. The highest BCUT2D eigenvalue weighted by Gasteiger charge is 2.19. The first-order valence-corrected chi connectivity index (χ1v) is 15.7. The summed E-state index contributed by atoms with van der Waals surface area (Å²) in [6.07, 6.45) is 0. The molecule has 0 bridgehead atoms. The molecular weight excluding hydrogens is 535 g/mol. The Morgan fingerprint density at radius 3 is 1.73 bits per heavy atom. The van der Waals surface area contributed by atoms with Gasteiger partial charge in [0.2, 0.25) is 0 Å². The van der Waals surface area contributed by atoms with E-state index in [2.05, 4.69) is 134 Å². The van der Waals surface area contributed by atoms with Crippen LogP contribution in [-0.4, -0.2) is 4.57 Å². The van der Waals surface area contributed by atoms with Gasteiger partial charge in [0, 0.05) is 46.4 Å².